The second kappa shape index (κ2) is 12.4. The Morgan fingerprint density at radius 3 is 1.83 bits per heavy atom. The van der Waals surface area contributed by atoms with Gasteiger partial charge in [-0.05, 0) is 47.5 Å². The average Bonchev–Trinajstić information content (AvgIpc) is 2.46. The van der Waals surface area contributed by atoms with E-state index in [0.29, 0.717) is 26.4 Å². The third-order valence-electron chi connectivity index (χ3n) is 3.19. The van der Waals surface area contributed by atoms with Crippen LogP contribution in [0.15, 0.2) is 0 Å². The van der Waals surface area contributed by atoms with Crippen molar-refractivity contribution < 1.29 is 22.8 Å². The van der Waals surface area contributed by atoms with Gasteiger partial charge in [0.15, 0.2) is 0 Å². The van der Waals surface area contributed by atoms with Gasteiger partial charge in [0.2, 0.25) is 0 Å². The fourth-order valence-corrected chi connectivity index (χ4v) is 4.93. The summed E-state index contributed by atoms with van der Waals surface area (Å²) in [5.41, 5.74) is 0. The van der Waals surface area contributed by atoms with Crippen LogP contribution in [0.25, 0.3) is 0 Å². The highest BCUT2D eigenvalue weighted by Crippen LogP contribution is 2.21. The average molecular weight is 413 g/mol. The molecule has 5 nitrogen and oxygen atoms in total. The van der Waals surface area contributed by atoms with Crippen molar-refractivity contribution in [3.05, 3.63) is 0 Å². The minimum atomic E-state index is -2.50. The van der Waals surface area contributed by atoms with Crippen LogP contribution < -0.4 is 0 Å². The van der Waals surface area contributed by atoms with Crippen molar-refractivity contribution >= 4 is 30.7 Å². The first kappa shape index (κ1) is 23.0. The molecule has 0 spiro atoms. The van der Waals surface area contributed by atoms with Gasteiger partial charge in [-0.25, -0.2) is 0 Å². The van der Waals surface area contributed by atoms with Gasteiger partial charge in [0, 0.05) is 25.9 Å². The molecule has 0 heterocycles. The minimum absolute atomic E-state index is 0.215. The number of hydrogen-bond donors (Lipinski definition) is 0. The molecule has 0 aliphatic rings. The van der Waals surface area contributed by atoms with Crippen LogP contribution in [0, 0.1) is 0 Å². The lowest BCUT2D eigenvalue weighted by atomic mass is 10.2. The van der Waals surface area contributed by atoms with Gasteiger partial charge in [-0.15, -0.1) is 0 Å². The van der Waals surface area contributed by atoms with Gasteiger partial charge in [0.1, 0.15) is 4.32 Å². The van der Waals surface area contributed by atoms with Crippen LogP contribution in [0.3, 0.4) is 0 Å². The quantitative estimate of drug-likeness (QED) is 0.184. The maximum Gasteiger partial charge on any atom is 0.500 e. The monoisotopic (exact) mass is 412 g/mol. The number of unbranched alkanes of at least 4 members (excludes halogenated alkanes) is 3. The summed E-state index contributed by atoms with van der Waals surface area (Å²) < 4.78 is 22.1. The van der Waals surface area contributed by atoms with E-state index in [1.807, 2.05) is 20.8 Å². The molecule has 23 heavy (non-hydrogen) atoms. The molecule has 0 unspecified atom stereocenters. The first-order chi connectivity index (χ1) is 10.8. The van der Waals surface area contributed by atoms with E-state index in [9.17, 15) is 4.79 Å². The van der Waals surface area contributed by atoms with Crippen LogP contribution in [0.1, 0.15) is 60.3 Å². The predicted molar refractivity (Wildman–Crippen MR) is 97.9 cm³/mol. The summed E-state index contributed by atoms with van der Waals surface area (Å²) in [5.74, 6) is -0.215. The standard InChI is InChI=1S/C16H33BrO5Si/c1-6-20-23(21-7-2,22-8-3)14-12-10-9-11-13-19-15(18)16(4,5)17/h6-14H2,1-5H3. The van der Waals surface area contributed by atoms with Gasteiger partial charge in [-0.2, -0.15) is 0 Å². The molecule has 7 heteroatoms. The molecule has 0 N–H and O–H groups in total. The molecule has 0 fully saturated rings. The third-order valence-corrected chi connectivity index (χ3v) is 6.66. The second-order valence-electron chi connectivity index (χ2n) is 5.75. The van der Waals surface area contributed by atoms with Gasteiger partial charge in [0.25, 0.3) is 0 Å². The maximum absolute atomic E-state index is 11.6. The van der Waals surface area contributed by atoms with E-state index in [4.69, 9.17) is 18.0 Å². The van der Waals surface area contributed by atoms with Crippen LogP contribution in [0.5, 0.6) is 0 Å². The minimum Gasteiger partial charge on any atom is -0.465 e. The molecule has 0 aromatic carbocycles. The van der Waals surface area contributed by atoms with E-state index < -0.39 is 13.1 Å². The number of hydrogen-bond acceptors (Lipinski definition) is 5. The SMILES string of the molecule is CCO[Si](CCCCCCOC(=O)C(C)(C)Br)(OCC)OCC. The lowest BCUT2D eigenvalue weighted by molar-refractivity contribution is -0.145. The van der Waals surface area contributed by atoms with Crippen molar-refractivity contribution in [3.63, 3.8) is 0 Å². The highest BCUT2D eigenvalue weighted by atomic mass is 79.9. The molecule has 0 bridgehead atoms. The number of carbonyl (C=O) groups is 1. The number of esters is 1. The zero-order valence-corrected chi connectivity index (χ0v) is 17.9. The second-order valence-corrected chi connectivity index (χ2v) is 10.5. The summed E-state index contributed by atoms with van der Waals surface area (Å²) in [7, 11) is -2.50. The largest absolute Gasteiger partial charge is 0.500 e. The van der Waals surface area contributed by atoms with Crippen molar-refractivity contribution in [2.24, 2.45) is 0 Å². The lowest BCUT2D eigenvalue weighted by Crippen LogP contribution is -2.45. The summed E-state index contributed by atoms with van der Waals surface area (Å²) in [4.78, 5) is 11.6. The van der Waals surface area contributed by atoms with E-state index in [1.165, 1.54) is 0 Å². The molecule has 0 amide bonds. The van der Waals surface area contributed by atoms with Gasteiger partial charge < -0.3 is 18.0 Å². The number of halogens is 1. The van der Waals surface area contributed by atoms with Crippen molar-refractivity contribution in [2.75, 3.05) is 26.4 Å². The molecule has 0 aromatic rings. The summed E-state index contributed by atoms with van der Waals surface area (Å²) in [5, 5.41) is 0. The van der Waals surface area contributed by atoms with Gasteiger partial charge >= 0.3 is 14.8 Å². The Bertz CT molecular complexity index is 303. The summed E-state index contributed by atoms with van der Waals surface area (Å²) in [6.45, 7) is 11.8. The summed E-state index contributed by atoms with van der Waals surface area (Å²) in [6, 6.07) is 0.844. The summed E-state index contributed by atoms with van der Waals surface area (Å²) >= 11 is 3.29. The molecular weight excluding hydrogens is 380 g/mol. The molecular formula is C16H33BrO5Si. The molecule has 0 saturated heterocycles. The first-order valence-electron chi connectivity index (χ1n) is 8.59. The van der Waals surface area contributed by atoms with Crippen LogP contribution in [0.4, 0.5) is 0 Å². The van der Waals surface area contributed by atoms with E-state index in [0.717, 1.165) is 31.7 Å². The molecule has 0 rings (SSSR count). The van der Waals surface area contributed by atoms with Crippen molar-refractivity contribution in [3.8, 4) is 0 Å². The zero-order chi connectivity index (χ0) is 17.8. The van der Waals surface area contributed by atoms with Crippen molar-refractivity contribution in [1.82, 2.24) is 0 Å². The molecule has 0 atom stereocenters. The van der Waals surface area contributed by atoms with E-state index in [2.05, 4.69) is 15.9 Å². The lowest BCUT2D eigenvalue weighted by Gasteiger charge is -2.28. The topological polar surface area (TPSA) is 54.0 Å². The Balaban J connectivity index is 3.96. The van der Waals surface area contributed by atoms with Crippen LogP contribution in [0.2, 0.25) is 6.04 Å². The van der Waals surface area contributed by atoms with Crippen molar-refractivity contribution in [2.45, 2.75) is 70.7 Å². The Morgan fingerprint density at radius 2 is 1.39 bits per heavy atom. The normalized spacial score (nSPS) is 12.4. The third kappa shape index (κ3) is 10.5. The highest BCUT2D eigenvalue weighted by Gasteiger charge is 2.39. The molecule has 0 aliphatic carbocycles. The fourth-order valence-electron chi connectivity index (χ4n) is 2.13. The van der Waals surface area contributed by atoms with Gasteiger partial charge in [-0.1, -0.05) is 28.8 Å². The van der Waals surface area contributed by atoms with Crippen LogP contribution in [-0.2, 0) is 22.8 Å². The van der Waals surface area contributed by atoms with Crippen LogP contribution >= 0.6 is 15.9 Å². The van der Waals surface area contributed by atoms with Gasteiger partial charge in [0.05, 0.1) is 6.61 Å². The number of alkyl halides is 1. The highest BCUT2D eigenvalue weighted by molar-refractivity contribution is 9.10. The van der Waals surface area contributed by atoms with Crippen molar-refractivity contribution in [1.29, 1.82) is 0 Å². The summed E-state index contributed by atoms with van der Waals surface area (Å²) in [6.07, 6.45) is 3.95. The number of carbonyl (C=O) groups excluding carboxylic acids is 1. The Morgan fingerprint density at radius 1 is 0.913 bits per heavy atom. The van der Waals surface area contributed by atoms with E-state index in [1.54, 1.807) is 13.8 Å². The Kier molecular flexibility index (Phi) is 12.4. The predicted octanol–water partition coefficient (Wildman–Crippen LogP) is 4.31. The number of ether oxygens (including phenoxy) is 1. The maximum atomic E-state index is 11.6. The molecule has 138 valence electrons. The van der Waals surface area contributed by atoms with Crippen LogP contribution in [-0.4, -0.2) is 45.5 Å². The molecule has 0 aliphatic heterocycles. The Hall–Kier alpha value is 0.0469. The number of rotatable bonds is 14. The van der Waals surface area contributed by atoms with E-state index >= 15 is 0 Å². The molecule has 0 aromatic heterocycles. The fraction of sp³-hybridized carbons (Fsp3) is 0.938. The zero-order valence-electron chi connectivity index (χ0n) is 15.3. The Labute approximate surface area is 150 Å². The van der Waals surface area contributed by atoms with Gasteiger partial charge in [-0.3, -0.25) is 4.79 Å². The first-order valence-corrected chi connectivity index (χ1v) is 11.3. The molecule has 0 saturated carbocycles. The smallest absolute Gasteiger partial charge is 0.465 e. The van der Waals surface area contributed by atoms with E-state index in [-0.39, 0.29) is 5.97 Å². The molecule has 0 radical (unpaired) electrons.